The number of rotatable bonds is 3. The molecule has 8 heteroatoms. The molecule has 4 nitrogen and oxygen atoms in total. The van der Waals surface area contributed by atoms with Crippen molar-refractivity contribution in [3.63, 3.8) is 0 Å². The Morgan fingerprint density at radius 3 is 2.37 bits per heavy atom. The average Bonchev–Trinajstić information content (AvgIpc) is 3.27. The molecule has 1 amide bonds. The zero-order valence-electron chi connectivity index (χ0n) is 14.3. The van der Waals surface area contributed by atoms with Crippen molar-refractivity contribution in [2.45, 2.75) is 19.0 Å². The molecule has 0 heterocycles. The number of nitrogens with one attached hydrogen (secondary N) is 1. The van der Waals surface area contributed by atoms with E-state index >= 15 is 0 Å². The molecule has 1 aromatic rings. The van der Waals surface area contributed by atoms with Crippen LogP contribution in [0.4, 0.5) is 18.9 Å². The molecule has 144 valence electrons. The molecule has 1 spiro atoms. The standard InChI is InChI=1S/C19H17BrF3NO3/c1-27-17(26)15-11-4-3-10(18(11)6-7-18)14(15)16(25)24-9-2-5-13(20)12(8-9)19(21,22)23/h2-5,8,10-11,14-15H,6-7H2,1H3,(H,24,25)/t10-,11+,14+,15+/m0/s1. The number of benzene rings is 1. The van der Waals surface area contributed by atoms with E-state index in [-0.39, 0.29) is 27.4 Å². The second-order valence-electron chi connectivity index (χ2n) is 7.43. The van der Waals surface area contributed by atoms with E-state index in [9.17, 15) is 22.8 Å². The fourth-order valence-corrected chi connectivity index (χ4v) is 5.33. The fraction of sp³-hybridized carbons (Fsp3) is 0.474. The zero-order valence-corrected chi connectivity index (χ0v) is 15.9. The molecule has 4 rings (SSSR count). The number of ether oxygens (including phenoxy) is 1. The lowest BCUT2D eigenvalue weighted by Gasteiger charge is -2.25. The molecule has 2 bridgehead atoms. The summed E-state index contributed by atoms with van der Waals surface area (Å²) in [4.78, 5) is 25.3. The largest absolute Gasteiger partial charge is 0.469 e. The molecule has 0 radical (unpaired) electrons. The van der Waals surface area contributed by atoms with Crippen LogP contribution in [-0.2, 0) is 20.5 Å². The molecule has 0 saturated heterocycles. The van der Waals surface area contributed by atoms with Gasteiger partial charge in [0.05, 0.1) is 24.5 Å². The number of allylic oxidation sites excluding steroid dienone is 2. The lowest BCUT2D eigenvalue weighted by atomic mass is 9.82. The number of methoxy groups -OCH3 is 1. The molecule has 3 aliphatic rings. The normalized spacial score (nSPS) is 29.8. The summed E-state index contributed by atoms with van der Waals surface area (Å²) >= 11 is 2.88. The van der Waals surface area contributed by atoms with Gasteiger partial charge in [0.25, 0.3) is 0 Å². The van der Waals surface area contributed by atoms with Crippen LogP contribution in [0, 0.1) is 29.1 Å². The molecule has 0 aromatic heterocycles. The first-order valence-corrected chi connectivity index (χ1v) is 9.42. The average molecular weight is 444 g/mol. The van der Waals surface area contributed by atoms with Crippen LogP contribution in [-0.4, -0.2) is 19.0 Å². The van der Waals surface area contributed by atoms with E-state index in [4.69, 9.17) is 4.74 Å². The Kier molecular flexibility index (Phi) is 4.18. The number of hydrogen-bond donors (Lipinski definition) is 1. The van der Waals surface area contributed by atoms with Gasteiger partial charge >= 0.3 is 12.1 Å². The van der Waals surface area contributed by atoms with Crippen molar-refractivity contribution in [2.24, 2.45) is 29.1 Å². The van der Waals surface area contributed by atoms with E-state index < -0.39 is 35.5 Å². The van der Waals surface area contributed by atoms with Crippen molar-refractivity contribution in [1.82, 2.24) is 0 Å². The zero-order chi connectivity index (χ0) is 19.6. The van der Waals surface area contributed by atoms with Gasteiger partial charge in [-0.2, -0.15) is 13.2 Å². The maximum absolute atomic E-state index is 13.1. The van der Waals surface area contributed by atoms with Gasteiger partial charge in [0.1, 0.15) is 0 Å². The molecule has 0 unspecified atom stereocenters. The first kappa shape index (κ1) is 18.5. The summed E-state index contributed by atoms with van der Waals surface area (Å²) in [6, 6.07) is 3.55. The van der Waals surface area contributed by atoms with Crippen LogP contribution in [0.2, 0.25) is 0 Å². The second kappa shape index (κ2) is 6.09. The molecule has 3 aliphatic carbocycles. The van der Waals surface area contributed by atoms with E-state index in [1.165, 1.54) is 19.2 Å². The SMILES string of the molecule is COC(=O)[C@H]1[C@H](C(=O)Nc2ccc(Br)c(C(F)(F)F)c2)[C@@H]2C=C[C@H]1C21CC1. The number of carbonyl (C=O) groups excluding carboxylic acids is 2. The van der Waals surface area contributed by atoms with Crippen molar-refractivity contribution in [3.05, 3.63) is 40.4 Å². The third kappa shape index (κ3) is 2.80. The van der Waals surface area contributed by atoms with E-state index in [0.29, 0.717) is 0 Å². The molecule has 0 aliphatic heterocycles. The van der Waals surface area contributed by atoms with Gasteiger partial charge in [-0.05, 0) is 48.3 Å². The van der Waals surface area contributed by atoms with Crippen molar-refractivity contribution >= 4 is 33.5 Å². The highest BCUT2D eigenvalue weighted by molar-refractivity contribution is 9.10. The Hall–Kier alpha value is -1.83. The minimum absolute atomic E-state index is 0.0404. The van der Waals surface area contributed by atoms with Gasteiger partial charge in [0.15, 0.2) is 0 Å². The van der Waals surface area contributed by atoms with Crippen LogP contribution in [0.1, 0.15) is 18.4 Å². The number of carbonyl (C=O) groups is 2. The Labute approximate surface area is 162 Å². The molecule has 1 N–H and O–H groups in total. The van der Waals surface area contributed by atoms with Crippen molar-refractivity contribution in [1.29, 1.82) is 0 Å². The first-order valence-electron chi connectivity index (χ1n) is 8.63. The summed E-state index contributed by atoms with van der Waals surface area (Å²) in [5.74, 6) is -2.22. The van der Waals surface area contributed by atoms with Gasteiger partial charge in [-0.25, -0.2) is 0 Å². The van der Waals surface area contributed by atoms with Crippen LogP contribution in [0.25, 0.3) is 0 Å². The predicted molar refractivity (Wildman–Crippen MR) is 94.6 cm³/mol. The van der Waals surface area contributed by atoms with Gasteiger partial charge in [0.2, 0.25) is 5.91 Å². The Bertz CT molecular complexity index is 847. The van der Waals surface area contributed by atoms with Gasteiger partial charge in [-0.1, -0.05) is 28.1 Å². The topological polar surface area (TPSA) is 55.4 Å². The van der Waals surface area contributed by atoms with E-state index in [2.05, 4.69) is 21.2 Å². The Morgan fingerprint density at radius 2 is 1.81 bits per heavy atom. The number of esters is 1. The van der Waals surface area contributed by atoms with Crippen molar-refractivity contribution in [2.75, 3.05) is 12.4 Å². The summed E-state index contributed by atoms with van der Waals surface area (Å²) in [5.41, 5.74) is -0.871. The molecule has 27 heavy (non-hydrogen) atoms. The molecule has 2 saturated carbocycles. The summed E-state index contributed by atoms with van der Waals surface area (Å²) in [6.07, 6.45) is 1.32. The Balaban J connectivity index is 1.61. The second-order valence-corrected chi connectivity index (χ2v) is 8.28. The number of amides is 1. The lowest BCUT2D eigenvalue weighted by molar-refractivity contribution is -0.150. The first-order chi connectivity index (χ1) is 12.7. The van der Waals surface area contributed by atoms with E-state index in [1.807, 2.05) is 12.2 Å². The molecular weight excluding hydrogens is 427 g/mol. The molecule has 4 atom stereocenters. The molecule has 1 aromatic carbocycles. The summed E-state index contributed by atoms with van der Waals surface area (Å²) in [7, 11) is 1.29. The van der Waals surface area contributed by atoms with Crippen molar-refractivity contribution in [3.8, 4) is 0 Å². The molecule has 2 fully saturated rings. The number of alkyl halides is 3. The van der Waals surface area contributed by atoms with Crippen LogP contribution in [0.15, 0.2) is 34.8 Å². The Morgan fingerprint density at radius 1 is 1.19 bits per heavy atom. The fourth-order valence-electron chi connectivity index (χ4n) is 4.86. The van der Waals surface area contributed by atoms with Crippen LogP contribution in [0.3, 0.4) is 0 Å². The predicted octanol–water partition coefficient (Wildman–Crippen LogP) is 4.41. The van der Waals surface area contributed by atoms with Gasteiger partial charge in [0, 0.05) is 10.2 Å². The smallest absolute Gasteiger partial charge is 0.417 e. The van der Waals surface area contributed by atoms with Gasteiger partial charge < -0.3 is 10.1 Å². The molecular formula is C19H17BrF3NO3. The van der Waals surface area contributed by atoms with Gasteiger partial charge in [-0.15, -0.1) is 0 Å². The van der Waals surface area contributed by atoms with E-state index in [1.54, 1.807) is 0 Å². The monoisotopic (exact) mass is 443 g/mol. The summed E-state index contributed by atoms with van der Waals surface area (Å²) in [5, 5.41) is 2.58. The third-order valence-electron chi connectivity index (χ3n) is 6.16. The highest BCUT2D eigenvalue weighted by Gasteiger charge is 2.70. The number of hydrogen-bond acceptors (Lipinski definition) is 3. The van der Waals surface area contributed by atoms with Crippen LogP contribution >= 0.6 is 15.9 Å². The highest BCUT2D eigenvalue weighted by Crippen LogP contribution is 2.72. The lowest BCUT2D eigenvalue weighted by Crippen LogP contribution is -2.37. The van der Waals surface area contributed by atoms with Crippen LogP contribution in [0.5, 0.6) is 0 Å². The van der Waals surface area contributed by atoms with E-state index in [0.717, 1.165) is 18.9 Å². The minimum Gasteiger partial charge on any atom is -0.469 e. The minimum atomic E-state index is -4.54. The maximum Gasteiger partial charge on any atom is 0.417 e. The third-order valence-corrected chi connectivity index (χ3v) is 6.85. The van der Waals surface area contributed by atoms with Crippen LogP contribution < -0.4 is 5.32 Å². The highest BCUT2D eigenvalue weighted by atomic mass is 79.9. The summed E-state index contributed by atoms with van der Waals surface area (Å²) in [6.45, 7) is 0. The van der Waals surface area contributed by atoms with Gasteiger partial charge in [-0.3, -0.25) is 9.59 Å². The number of anilines is 1. The number of halogens is 4. The van der Waals surface area contributed by atoms with Crippen molar-refractivity contribution < 1.29 is 27.5 Å². The quantitative estimate of drug-likeness (QED) is 0.556. The summed E-state index contributed by atoms with van der Waals surface area (Å²) < 4.78 is 44.1. The maximum atomic E-state index is 13.1.